The van der Waals surface area contributed by atoms with Crippen LogP contribution in [0, 0.1) is 5.92 Å². The molecule has 1 aliphatic carbocycles. The van der Waals surface area contributed by atoms with Crippen molar-refractivity contribution in [2.75, 3.05) is 6.54 Å². The molecular formula is C10H9NO2S. The summed E-state index contributed by atoms with van der Waals surface area (Å²) in [5.41, 5.74) is 1.05. The van der Waals surface area contributed by atoms with Crippen molar-refractivity contribution in [3.63, 3.8) is 0 Å². The van der Waals surface area contributed by atoms with Gasteiger partial charge in [0.2, 0.25) is 10.0 Å². The van der Waals surface area contributed by atoms with E-state index in [0.717, 1.165) is 12.1 Å². The highest BCUT2D eigenvalue weighted by molar-refractivity contribution is 7.89. The predicted molar refractivity (Wildman–Crippen MR) is 50.4 cm³/mol. The number of hydrogen-bond acceptors (Lipinski definition) is 2. The summed E-state index contributed by atoms with van der Waals surface area (Å²) in [7, 11) is -3.13. The van der Waals surface area contributed by atoms with Gasteiger partial charge in [0.1, 0.15) is 0 Å². The van der Waals surface area contributed by atoms with Crippen LogP contribution in [-0.4, -0.2) is 25.3 Å². The second kappa shape index (κ2) is 1.90. The fraction of sp³-hybridized carbons (Fsp3) is 0.400. The van der Waals surface area contributed by atoms with Gasteiger partial charge in [-0.2, -0.15) is 4.31 Å². The summed E-state index contributed by atoms with van der Waals surface area (Å²) in [6.07, 6.45) is 0. The molecule has 4 heteroatoms. The van der Waals surface area contributed by atoms with Crippen LogP contribution >= 0.6 is 0 Å². The van der Waals surface area contributed by atoms with E-state index in [1.54, 1.807) is 16.4 Å². The summed E-state index contributed by atoms with van der Waals surface area (Å²) in [5, 5.41) is 0. The van der Waals surface area contributed by atoms with Crippen LogP contribution in [0.3, 0.4) is 0 Å². The molecule has 1 aromatic rings. The van der Waals surface area contributed by atoms with E-state index in [1.165, 1.54) is 0 Å². The predicted octanol–water partition coefficient (Wildman–Crippen LogP) is 0.787. The van der Waals surface area contributed by atoms with Gasteiger partial charge in [0.05, 0.1) is 4.90 Å². The Morgan fingerprint density at radius 3 is 2.93 bits per heavy atom. The molecule has 0 amide bonds. The molecule has 2 aliphatic heterocycles. The minimum atomic E-state index is -3.13. The maximum atomic E-state index is 12.0. The van der Waals surface area contributed by atoms with Gasteiger partial charge >= 0.3 is 0 Å². The number of rotatable bonds is 0. The van der Waals surface area contributed by atoms with Crippen molar-refractivity contribution in [1.82, 2.24) is 4.31 Å². The van der Waals surface area contributed by atoms with E-state index in [4.69, 9.17) is 0 Å². The third-order valence-electron chi connectivity index (χ3n) is 3.72. The number of fused-ring (bicyclic) bond motifs is 3. The summed E-state index contributed by atoms with van der Waals surface area (Å²) < 4.78 is 25.7. The van der Waals surface area contributed by atoms with Gasteiger partial charge in [-0.3, -0.25) is 0 Å². The molecule has 72 valence electrons. The quantitative estimate of drug-likeness (QED) is 0.630. The first-order valence-electron chi connectivity index (χ1n) is 4.82. The van der Waals surface area contributed by atoms with Gasteiger partial charge in [-0.1, -0.05) is 18.2 Å². The molecule has 0 unspecified atom stereocenters. The van der Waals surface area contributed by atoms with Crippen molar-refractivity contribution in [2.45, 2.75) is 16.9 Å². The Kier molecular flexibility index (Phi) is 1.01. The molecule has 0 radical (unpaired) electrons. The Balaban J connectivity index is 2.10. The van der Waals surface area contributed by atoms with E-state index in [-0.39, 0.29) is 0 Å². The van der Waals surface area contributed by atoms with Crippen LogP contribution in [0.2, 0.25) is 0 Å². The normalized spacial score (nSPS) is 40.7. The van der Waals surface area contributed by atoms with Gasteiger partial charge in [0.15, 0.2) is 0 Å². The van der Waals surface area contributed by atoms with Crippen LogP contribution in [0.4, 0.5) is 0 Å². The average molecular weight is 207 g/mol. The Bertz CT molecular complexity index is 537. The zero-order chi connectivity index (χ0) is 9.50. The van der Waals surface area contributed by atoms with Gasteiger partial charge in [0.25, 0.3) is 0 Å². The summed E-state index contributed by atoms with van der Waals surface area (Å²) in [6, 6.07) is 7.75. The highest BCUT2D eigenvalue weighted by Gasteiger charge is 2.69. The second-order valence-electron chi connectivity index (χ2n) is 4.29. The Labute approximate surface area is 82.4 Å². The lowest BCUT2D eigenvalue weighted by atomic mass is 10.1. The largest absolute Gasteiger partial charge is 0.243 e. The van der Waals surface area contributed by atoms with Crippen LogP contribution in [0.25, 0.3) is 0 Å². The first kappa shape index (κ1) is 7.43. The van der Waals surface area contributed by atoms with Crippen LogP contribution in [0.5, 0.6) is 0 Å². The third-order valence-corrected chi connectivity index (χ3v) is 5.65. The molecule has 2 heterocycles. The third kappa shape index (κ3) is 0.586. The lowest BCUT2D eigenvalue weighted by Gasteiger charge is -2.30. The minimum Gasteiger partial charge on any atom is -0.207 e. The van der Waals surface area contributed by atoms with E-state index in [1.807, 2.05) is 12.1 Å². The molecule has 4 rings (SSSR count). The lowest BCUT2D eigenvalue weighted by Crippen LogP contribution is -2.44. The van der Waals surface area contributed by atoms with Crippen LogP contribution in [0.15, 0.2) is 29.2 Å². The highest BCUT2D eigenvalue weighted by Crippen LogP contribution is 2.64. The van der Waals surface area contributed by atoms with Crippen LogP contribution in [0.1, 0.15) is 11.5 Å². The van der Waals surface area contributed by atoms with E-state index < -0.39 is 10.0 Å². The fourth-order valence-electron chi connectivity index (χ4n) is 2.95. The van der Waals surface area contributed by atoms with E-state index >= 15 is 0 Å². The number of nitrogens with zero attached hydrogens (tertiary/aromatic N) is 1. The Morgan fingerprint density at radius 2 is 2.07 bits per heavy atom. The zero-order valence-electron chi connectivity index (χ0n) is 7.42. The van der Waals surface area contributed by atoms with Crippen LogP contribution in [-0.2, 0) is 10.0 Å². The van der Waals surface area contributed by atoms with E-state index in [2.05, 4.69) is 0 Å². The molecule has 1 saturated carbocycles. The molecule has 3 aliphatic rings. The van der Waals surface area contributed by atoms with E-state index in [0.29, 0.717) is 22.8 Å². The molecular weight excluding hydrogens is 198 g/mol. The molecule has 3 nitrogen and oxygen atoms in total. The molecule has 1 aromatic carbocycles. The molecule has 0 N–H and O–H groups in total. The monoisotopic (exact) mass is 207 g/mol. The molecule has 2 fully saturated rings. The lowest BCUT2D eigenvalue weighted by molar-refractivity contribution is 0.293. The standard InChI is InChI=1S/C10H9NO2S/c12-14(13)8-4-2-1-3-6(8)9-7-5-11(14)10(7)9/h1-4,7,9-10H,5H2/t7-,9+,10+/m0/s1. The average Bonchev–Trinajstić information content (AvgIpc) is 2.71. The number of benzene rings is 1. The first-order chi connectivity index (χ1) is 6.71. The topological polar surface area (TPSA) is 37.4 Å². The maximum absolute atomic E-state index is 12.0. The number of hydrogen-bond donors (Lipinski definition) is 0. The SMILES string of the molecule is O=S1(=O)c2ccccc2[C@@H]2[C@@H]3CN1[C@H]32. The van der Waals surface area contributed by atoms with Crippen molar-refractivity contribution < 1.29 is 8.42 Å². The van der Waals surface area contributed by atoms with Crippen LogP contribution < -0.4 is 0 Å². The Morgan fingerprint density at radius 1 is 1.29 bits per heavy atom. The number of sulfonamides is 1. The molecule has 0 spiro atoms. The van der Waals surface area contributed by atoms with Crippen molar-refractivity contribution >= 4 is 10.0 Å². The van der Waals surface area contributed by atoms with Gasteiger partial charge < -0.3 is 0 Å². The molecule has 0 bridgehead atoms. The smallest absolute Gasteiger partial charge is 0.207 e. The van der Waals surface area contributed by atoms with Gasteiger partial charge in [-0.15, -0.1) is 0 Å². The van der Waals surface area contributed by atoms with Crippen molar-refractivity contribution in [3.8, 4) is 0 Å². The first-order valence-corrected chi connectivity index (χ1v) is 6.26. The highest BCUT2D eigenvalue weighted by atomic mass is 32.2. The Hall–Kier alpha value is -0.870. The van der Waals surface area contributed by atoms with Crippen molar-refractivity contribution in [3.05, 3.63) is 29.8 Å². The fourth-order valence-corrected chi connectivity index (χ4v) is 4.93. The summed E-state index contributed by atoms with van der Waals surface area (Å²) in [4.78, 5) is 0.543. The van der Waals surface area contributed by atoms with Gasteiger partial charge in [0, 0.05) is 18.5 Å². The minimum absolute atomic E-state index is 0.315. The zero-order valence-corrected chi connectivity index (χ0v) is 8.24. The summed E-state index contributed by atoms with van der Waals surface area (Å²) in [6.45, 7) is 0.742. The molecule has 1 saturated heterocycles. The maximum Gasteiger partial charge on any atom is 0.243 e. The molecule has 14 heavy (non-hydrogen) atoms. The molecule has 0 aromatic heterocycles. The van der Waals surface area contributed by atoms with E-state index in [9.17, 15) is 8.42 Å². The van der Waals surface area contributed by atoms with Gasteiger partial charge in [-0.25, -0.2) is 8.42 Å². The van der Waals surface area contributed by atoms with Gasteiger partial charge in [-0.05, 0) is 17.5 Å². The molecule has 3 atom stereocenters. The summed E-state index contributed by atoms with van der Waals surface area (Å²) >= 11 is 0. The second-order valence-corrected chi connectivity index (χ2v) is 6.15. The summed E-state index contributed by atoms with van der Waals surface area (Å²) in [5.74, 6) is 1.13. The van der Waals surface area contributed by atoms with Crippen molar-refractivity contribution in [1.29, 1.82) is 0 Å². The van der Waals surface area contributed by atoms with Crippen molar-refractivity contribution in [2.24, 2.45) is 5.92 Å².